The molecule has 0 fully saturated rings. The first-order valence-corrected chi connectivity index (χ1v) is 15.7. The molecule has 0 bridgehead atoms. The molecule has 6 heteroatoms. The zero-order valence-corrected chi connectivity index (χ0v) is 25.8. The van der Waals surface area contributed by atoms with Gasteiger partial charge in [-0.15, -0.1) is 0 Å². The van der Waals surface area contributed by atoms with Crippen LogP contribution >= 0.6 is 0 Å². The molecule has 3 rings (SSSR count). The highest BCUT2D eigenvalue weighted by molar-refractivity contribution is 6.59. The van der Waals surface area contributed by atoms with Crippen molar-refractivity contribution >= 4 is 25.2 Å². The summed E-state index contributed by atoms with van der Waals surface area (Å²) in [4.78, 5) is 0. The van der Waals surface area contributed by atoms with Gasteiger partial charge >= 0.3 is 14.2 Å². The molecule has 0 unspecified atom stereocenters. The van der Waals surface area contributed by atoms with E-state index in [9.17, 15) is 20.1 Å². The lowest BCUT2D eigenvalue weighted by atomic mass is 9.67. The molecule has 0 heterocycles. The minimum Gasteiger partial charge on any atom is -0.423 e. The summed E-state index contributed by atoms with van der Waals surface area (Å²) in [5, 5.41) is 40.1. The summed E-state index contributed by atoms with van der Waals surface area (Å²) < 4.78 is 0. The number of allylic oxidation sites excluding steroid dienone is 5. The van der Waals surface area contributed by atoms with E-state index < -0.39 is 14.2 Å². The van der Waals surface area contributed by atoms with Gasteiger partial charge in [0.05, 0.1) is 0 Å². The second kappa shape index (κ2) is 15.7. The number of unbranched alkanes of at least 4 members (excludes halogenated alkanes) is 6. The fourth-order valence-corrected chi connectivity index (χ4v) is 6.54. The van der Waals surface area contributed by atoms with Crippen molar-refractivity contribution in [2.75, 3.05) is 0 Å². The monoisotopic (exact) mass is 556 g/mol. The van der Waals surface area contributed by atoms with E-state index in [1.54, 1.807) is 12.1 Å². The van der Waals surface area contributed by atoms with Crippen molar-refractivity contribution in [3.63, 3.8) is 0 Å². The van der Waals surface area contributed by atoms with Crippen molar-refractivity contribution in [3.05, 3.63) is 83.0 Å². The average molecular weight is 556 g/mol. The van der Waals surface area contributed by atoms with Crippen LogP contribution in [0.25, 0.3) is 11.1 Å². The summed E-state index contributed by atoms with van der Waals surface area (Å²) in [6.45, 7) is 12.8. The zero-order chi connectivity index (χ0) is 30.0. The lowest BCUT2D eigenvalue weighted by Gasteiger charge is -2.33. The molecule has 2 aromatic carbocycles. The smallest absolute Gasteiger partial charge is 0.423 e. The molecule has 4 N–H and O–H groups in total. The predicted octanol–water partition coefficient (Wildman–Crippen LogP) is 6.48. The Bertz CT molecular complexity index is 1170. The Balaban J connectivity index is 1.86. The molecule has 2 aromatic rings. The van der Waals surface area contributed by atoms with Gasteiger partial charge in [0.2, 0.25) is 0 Å². The first kappa shape index (κ1) is 33.1. The van der Waals surface area contributed by atoms with Crippen LogP contribution in [-0.2, 0) is 5.41 Å². The Morgan fingerprint density at radius 3 is 1.71 bits per heavy atom. The lowest BCUT2D eigenvalue weighted by molar-refractivity contribution is 0.399. The van der Waals surface area contributed by atoms with E-state index in [1.165, 1.54) is 23.1 Å². The van der Waals surface area contributed by atoms with Crippen LogP contribution in [0.3, 0.4) is 0 Å². The van der Waals surface area contributed by atoms with Gasteiger partial charge in [-0.25, -0.2) is 0 Å². The van der Waals surface area contributed by atoms with Crippen LogP contribution in [0.5, 0.6) is 0 Å². The normalized spacial score (nSPS) is 13.5. The molecule has 0 aliphatic heterocycles. The molecule has 0 saturated carbocycles. The highest BCUT2D eigenvalue weighted by Gasteiger charge is 2.43. The molecular weight excluding hydrogens is 506 g/mol. The van der Waals surface area contributed by atoms with Gasteiger partial charge in [0.25, 0.3) is 0 Å². The molecule has 220 valence electrons. The van der Waals surface area contributed by atoms with Crippen molar-refractivity contribution in [2.45, 2.75) is 110 Å². The van der Waals surface area contributed by atoms with Crippen LogP contribution in [0.1, 0.15) is 116 Å². The average Bonchev–Trinajstić information content (AvgIpc) is 3.22. The number of benzene rings is 2. The van der Waals surface area contributed by atoms with Crippen molar-refractivity contribution in [1.82, 2.24) is 0 Å². The summed E-state index contributed by atoms with van der Waals surface area (Å²) in [6.07, 6.45) is 17.2. The van der Waals surface area contributed by atoms with E-state index in [1.807, 2.05) is 30.3 Å². The first-order valence-electron chi connectivity index (χ1n) is 15.7. The summed E-state index contributed by atoms with van der Waals surface area (Å²) in [5.74, 6) is 0. The fourth-order valence-electron chi connectivity index (χ4n) is 6.54. The van der Waals surface area contributed by atoms with Gasteiger partial charge in [-0.05, 0) is 90.3 Å². The second-order valence-corrected chi connectivity index (χ2v) is 12.0. The maximum atomic E-state index is 10.0. The van der Waals surface area contributed by atoms with E-state index in [0.717, 1.165) is 92.9 Å². The Kier molecular flexibility index (Phi) is 12.7. The third-order valence-corrected chi connectivity index (χ3v) is 8.93. The predicted molar refractivity (Wildman–Crippen MR) is 176 cm³/mol. The molecule has 0 atom stereocenters. The van der Waals surface area contributed by atoms with Gasteiger partial charge < -0.3 is 20.1 Å². The van der Waals surface area contributed by atoms with Crippen LogP contribution < -0.4 is 10.9 Å². The maximum absolute atomic E-state index is 10.0. The molecule has 0 radical (unpaired) electrons. The second-order valence-electron chi connectivity index (χ2n) is 12.0. The summed E-state index contributed by atoms with van der Waals surface area (Å²) in [7, 11) is -3.05. The molecule has 41 heavy (non-hydrogen) atoms. The molecule has 4 nitrogen and oxygen atoms in total. The van der Waals surface area contributed by atoms with Crippen LogP contribution in [0, 0.1) is 0 Å². The van der Waals surface area contributed by atoms with Crippen LogP contribution in [0.15, 0.2) is 71.8 Å². The standard InChI is InChI=1S/C35H50B2O4/c1-6-9-10-14-21-35(22-15-12-11-13-16-27(7-2)23-28(8-3)26(4)5)33-24-29(36(38)39)17-19-31(33)32-20-18-30(37(40)41)25-34(32)35/h7,17-20,23-25,38-41H,2,6,8-16,21-22H2,1,3-5H3/b27-23+. The highest BCUT2D eigenvalue weighted by atomic mass is 16.4. The fraction of sp³-hybridized carbons (Fsp3) is 0.486. The third kappa shape index (κ3) is 8.14. The zero-order valence-electron chi connectivity index (χ0n) is 25.8. The summed E-state index contributed by atoms with van der Waals surface area (Å²) in [5.41, 5.74) is 9.29. The molecule has 0 aromatic heterocycles. The van der Waals surface area contributed by atoms with Crippen molar-refractivity contribution in [3.8, 4) is 11.1 Å². The minimum absolute atomic E-state index is 0.292. The lowest BCUT2D eigenvalue weighted by Crippen LogP contribution is -2.34. The summed E-state index contributed by atoms with van der Waals surface area (Å²) >= 11 is 0. The Morgan fingerprint density at radius 2 is 1.27 bits per heavy atom. The van der Waals surface area contributed by atoms with E-state index in [-0.39, 0.29) is 5.41 Å². The number of hydrogen-bond donors (Lipinski definition) is 4. The minimum atomic E-state index is -1.52. The third-order valence-electron chi connectivity index (χ3n) is 8.93. The number of fused-ring (bicyclic) bond motifs is 3. The van der Waals surface area contributed by atoms with Gasteiger partial charge in [0, 0.05) is 5.41 Å². The SMILES string of the molecule is C=C/C(=C\C(CC)=C(C)C)CCCCCCC1(CCCCCC)c2cc(B(O)O)ccc2-c2ccc(B(O)O)cc21. The van der Waals surface area contributed by atoms with Gasteiger partial charge in [0.15, 0.2) is 0 Å². The van der Waals surface area contributed by atoms with Crippen molar-refractivity contribution in [1.29, 1.82) is 0 Å². The molecule has 1 aliphatic carbocycles. The molecule has 1 aliphatic rings. The topological polar surface area (TPSA) is 80.9 Å². The highest BCUT2D eigenvalue weighted by Crippen LogP contribution is 2.53. The Labute approximate surface area is 249 Å². The van der Waals surface area contributed by atoms with Crippen molar-refractivity contribution in [2.24, 2.45) is 0 Å². The maximum Gasteiger partial charge on any atom is 0.488 e. The summed E-state index contributed by atoms with van der Waals surface area (Å²) in [6, 6.07) is 11.5. The molecule has 0 saturated heterocycles. The molecule has 0 spiro atoms. The number of hydrogen-bond acceptors (Lipinski definition) is 4. The van der Waals surface area contributed by atoms with E-state index in [2.05, 4.69) is 40.3 Å². The largest absolute Gasteiger partial charge is 0.488 e. The van der Waals surface area contributed by atoms with Gasteiger partial charge in [-0.2, -0.15) is 0 Å². The van der Waals surface area contributed by atoms with E-state index >= 15 is 0 Å². The van der Waals surface area contributed by atoms with Gasteiger partial charge in [-0.3, -0.25) is 0 Å². The van der Waals surface area contributed by atoms with Crippen LogP contribution in [-0.4, -0.2) is 34.3 Å². The molecule has 0 amide bonds. The first-order chi connectivity index (χ1) is 19.7. The van der Waals surface area contributed by atoms with Gasteiger partial charge in [-0.1, -0.05) is 119 Å². The van der Waals surface area contributed by atoms with E-state index in [0.29, 0.717) is 10.9 Å². The van der Waals surface area contributed by atoms with Gasteiger partial charge in [0.1, 0.15) is 0 Å². The molecular formula is C35H50B2O4. The Hall–Kier alpha value is -2.37. The van der Waals surface area contributed by atoms with Crippen LogP contribution in [0.4, 0.5) is 0 Å². The number of rotatable bonds is 17. The Morgan fingerprint density at radius 1 is 0.756 bits per heavy atom. The van der Waals surface area contributed by atoms with E-state index in [4.69, 9.17) is 0 Å². The van der Waals surface area contributed by atoms with Crippen molar-refractivity contribution < 1.29 is 20.1 Å². The van der Waals surface area contributed by atoms with Crippen LogP contribution in [0.2, 0.25) is 0 Å². The quantitative estimate of drug-likeness (QED) is 0.102.